The minimum absolute atomic E-state index is 0.246. The standard InChI is InChI=1S/C19H32N2/c1-15(2)18-9-7-8-17(12-18)13-21-11-10-20(16(3)4)14-19(21,5)6/h7-9,12,15-16H,10-11,13-14H2,1-6H3. The zero-order valence-corrected chi connectivity index (χ0v) is 14.7. The van der Waals surface area contributed by atoms with Gasteiger partial charge in [0.15, 0.2) is 0 Å². The number of rotatable bonds is 4. The predicted molar refractivity (Wildman–Crippen MR) is 91.7 cm³/mol. The van der Waals surface area contributed by atoms with Crippen molar-refractivity contribution in [2.45, 2.75) is 65.6 Å². The van der Waals surface area contributed by atoms with Crippen LogP contribution in [0, 0.1) is 0 Å². The maximum atomic E-state index is 2.64. The summed E-state index contributed by atoms with van der Waals surface area (Å²) in [5.74, 6) is 0.607. The molecule has 0 unspecified atom stereocenters. The number of nitrogens with zero attached hydrogens (tertiary/aromatic N) is 2. The molecule has 0 spiro atoms. The van der Waals surface area contributed by atoms with Gasteiger partial charge in [-0.25, -0.2) is 0 Å². The Kier molecular flexibility index (Phi) is 5.11. The van der Waals surface area contributed by atoms with E-state index in [1.807, 2.05) is 0 Å². The third-order valence-electron chi connectivity index (χ3n) is 4.82. The summed E-state index contributed by atoms with van der Waals surface area (Å²) >= 11 is 0. The van der Waals surface area contributed by atoms with Gasteiger partial charge >= 0.3 is 0 Å². The Bertz CT molecular complexity index is 462. The normalized spacial score (nSPS) is 20.4. The lowest BCUT2D eigenvalue weighted by Crippen LogP contribution is -2.60. The molecule has 0 amide bonds. The average molecular weight is 288 g/mol. The van der Waals surface area contributed by atoms with Crippen LogP contribution in [0.4, 0.5) is 0 Å². The number of benzene rings is 1. The van der Waals surface area contributed by atoms with Crippen molar-refractivity contribution in [2.75, 3.05) is 19.6 Å². The summed E-state index contributed by atoms with van der Waals surface area (Å²) in [5.41, 5.74) is 3.15. The molecule has 118 valence electrons. The van der Waals surface area contributed by atoms with Crippen LogP contribution in [0.25, 0.3) is 0 Å². The van der Waals surface area contributed by atoms with E-state index >= 15 is 0 Å². The van der Waals surface area contributed by atoms with E-state index < -0.39 is 0 Å². The van der Waals surface area contributed by atoms with E-state index in [9.17, 15) is 0 Å². The molecular weight excluding hydrogens is 256 g/mol. The fourth-order valence-electron chi connectivity index (χ4n) is 3.23. The van der Waals surface area contributed by atoms with Crippen LogP contribution < -0.4 is 0 Å². The van der Waals surface area contributed by atoms with Gasteiger partial charge in [-0.2, -0.15) is 0 Å². The molecule has 1 heterocycles. The maximum Gasteiger partial charge on any atom is 0.0284 e. The lowest BCUT2D eigenvalue weighted by molar-refractivity contribution is 0.000839. The van der Waals surface area contributed by atoms with E-state index in [0.29, 0.717) is 12.0 Å². The van der Waals surface area contributed by atoms with Crippen LogP contribution >= 0.6 is 0 Å². The highest BCUT2D eigenvalue weighted by molar-refractivity contribution is 5.26. The van der Waals surface area contributed by atoms with Crippen LogP contribution in [-0.4, -0.2) is 41.0 Å². The first kappa shape index (κ1) is 16.5. The largest absolute Gasteiger partial charge is 0.298 e. The van der Waals surface area contributed by atoms with Gasteiger partial charge in [0.05, 0.1) is 0 Å². The average Bonchev–Trinajstić information content (AvgIpc) is 2.41. The Morgan fingerprint density at radius 1 is 1.10 bits per heavy atom. The molecule has 2 heteroatoms. The molecule has 0 N–H and O–H groups in total. The topological polar surface area (TPSA) is 6.48 Å². The summed E-state index contributed by atoms with van der Waals surface area (Å²) < 4.78 is 0. The number of hydrogen-bond acceptors (Lipinski definition) is 2. The fourth-order valence-corrected chi connectivity index (χ4v) is 3.23. The van der Waals surface area contributed by atoms with Crippen molar-refractivity contribution in [2.24, 2.45) is 0 Å². The molecule has 21 heavy (non-hydrogen) atoms. The van der Waals surface area contributed by atoms with E-state index in [1.165, 1.54) is 17.7 Å². The molecule has 1 saturated heterocycles. The SMILES string of the molecule is CC(C)c1cccc(CN2CCN(C(C)C)CC2(C)C)c1. The van der Waals surface area contributed by atoms with Crippen molar-refractivity contribution in [1.82, 2.24) is 9.80 Å². The lowest BCUT2D eigenvalue weighted by Gasteiger charge is -2.48. The third-order valence-corrected chi connectivity index (χ3v) is 4.82. The second-order valence-corrected chi connectivity index (χ2v) is 7.70. The second kappa shape index (κ2) is 6.50. The van der Waals surface area contributed by atoms with Crippen LogP contribution in [-0.2, 0) is 6.54 Å². The Balaban J connectivity index is 2.08. The highest BCUT2D eigenvalue weighted by atomic mass is 15.3. The van der Waals surface area contributed by atoms with Crippen LogP contribution in [0.15, 0.2) is 24.3 Å². The zero-order chi connectivity index (χ0) is 15.6. The predicted octanol–water partition coefficient (Wildman–Crippen LogP) is 4.11. The van der Waals surface area contributed by atoms with E-state index in [0.717, 1.165) is 19.6 Å². The van der Waals surface area contributed by atoms with Gasteiger partial charge in [-0.1, -0.05) is 38.1 Å². The van der Waals surface area contributed by atoms with Gasteiger partial charge in [0, 0.05) is 37.8 Å². The van der Waals surface area contributed by atoms with Crippen molar-refractivity contribution >= 4 is 0 Å². The molecule has 0 radical (unpaired) electrons. The highest BCUT2D eigenvalue weighted by Crippen LogP contribution is 2.25. The van der Waals surface area contributed by atoms with Gasteiger partial charge in [0.25, 0.3) is 0 Å². The van der Waals surface area contributed by atoms with Gasteiger partial charge in [0.1, 0.15) is 0 Å². The van der Waals surface area contributed by atoms with Crippen LogP contribution in [0.5, 0.6) is 0 Å². The molecular formula is C19H32N2. The molecule has 1 aromatic carbocycles. The van der Waals surface area contributed by atoms with Crippen LogP contribution in [0.1, 0.15) is 58.6 Å². The highest BCUT2D eigenvalue weighted by Gasteiger charge is 2.34. The van der Waals surface area contributed by atoms with Crippen molar-refractivity contribution in [1.29, 1.82) is 0 Å². The van der Waals surface area contributed by atoms with E-state index in [-0.39, 0.29) is 5.54 Å². The summed E-state index contributed by atoms with van der Waals surface area (Å²) in [6.07, 6.45) is 0. The first-order valence-electron chi connectivity index (χ1n) is 8.37. The quantitative estimate of drug-likeness (QED) is 0.822. The first-order chi connectivity index (χ1) is 9.79. The lowest BCUT2D eigenvalue weighted by atomic mass is 9.95. The summed E-state index contributed by atoms with van der Waals surface area (Å²) in [7, 11) is 0. The third kappa shape index (κ3) is 4.08. The molecule has 0 aromatic heterocycles. The second-order valence-electron chi connectivity index (χ2n) is 7.70. The zero-order valence-electron chi connectivity index (χ0n) is 14.7. The van der Waals surface area contributed by atoms with Crippen LogP contribution in [0.2, 0.25) is 0 Å². The first-order valence-corrected chi connectivity index (χ1v) is 8.37. The molecule has 0 atom stereocenters. The minimum atomic E-state index is 0.246. The maximum absolute atomic E-state index is 2.64. The summed E-state index contributed by atoms with van der Waals surface area (Å²) in [4.78, 5) is 5.24. The molecule has 0 bridgehead atoms. The molecule has 0 saturated carbocycles. The van der Waals surface area contributed by atoms with Gasteiger partial charge in [-0.15, -0.1) is 0 Å². The summed E-state index contributed by atoms with van der Waals surface area (Å²) in [6.45, 7) is 18.5. The van der Waals surface area contributed by atoms with E-state index in [2.05, 4.69) is 75.6 Å². The van der Waals surface area contributed by atoms with Crippen molar-refractivity contribution < 1.29 is 0 Å². The Morgan fingerprint density at radius 3 is 2.38 bits per heavy atom. The van der Waals surface area contributed by atoms with Gasteiger partial charge in [-0.05, 0) is 44.7 Å². The van der Waals surface area contributed by atoms with Crippen LogP contribution in [0.3, 0.4) is 0 Å². The molecule has 1 aromatic rings. The van der Waals surface area contributed by atoms with Crippen molar-refractivity contribution in [3.63, 3.8) is 0 Å². The Hall–Kier alpha value is -0.860. The molecule has 1 aliphatic rings. The summed E-state index contributed by atoms with van der Waals surface area (Å²) in [6, 6.07) is 9.76. The summed E-state index contributed by atoms with van der Waals surface area (Å²) in [5, 5.41) is 0. The molecule has 2 nitrogen and oxygen atoms in total. The molecule has 1 aliphatic heterocycles. The van der Waals surface area contributed by atoms with E-state index in [1.54, 1.807) is 0 Å². The monoisotopic (exact) mass is 288 g/mol. The molecule has 1 fully saturated rings. The van der Waals surface area contributed by atoms with E-state index in [4.69, 9.17) is 0 Å². The number of hydrogen-bond donors (Lipinski definition) is 0. The van der Waals surface area contributed by atoms with Crippen molar-refractivity contribution in [3.05, 3.63) is 35.4 Å². The fraction of sp³-hybridized carbons (Fsp3) is 0.684. The van der Waals surface area contributed by atoms with Gasteiger partial charge in [-0.3, -0.25) is 9.80 Å². The Morgan fingerprint density at radius 2 is 1.81 bits per heavy atom. The Labute approximate surface area is 131 Å². The molecule has 2 rings (SSSR count). The minimum Gasteiger partial charge on any atom is -0.298 e. The smallest absolute Gasteiger partial charge is 0.0284 e. The number of piperazine rings is 1. The molecule has 0 aliphatic carbocycles. The van der Waals surface area contributed by atoms with Gasteiger partial charge in [0.2, 0.25) is 0 Å². The van der Waals surface area contributed by atoms with Gasteiger partial charge < -0.3 is 0 Å². The van der Waals surface area contributed by atoms with Crippen molar-refractivity contribution in [3.8, 4) is 0 Å².